The topological polar surface area (TPSA) is 15.3 Å². The number of benzene rings is 1. The van der Waals surface area contributed by atoms with Gasteiger partial charge in [0.15, 0.2) is 0 Å². The van der Waals surface area contributed by atoms with Crippen molar-refractivity contribution >= 4 is 5.69 Å². The third kappa shape index (κ3) is 1.90. The van der Waals surface area contributed by atoms with E-state index < -0.39 is 11.6 Å². The molecular weight excluding hydrogens is 222 g/mol. The van der Waals surface area contributed by atoms with E-state index in [0.717, 1.165) is 38.7 Å². The largest absolute Gasteiger partial charge is 0.369 e. The van der Waals surface area contributed by atoms with Crippen molar-refractivity contribution in [1.82, 2.24) is 5.32 Å². The Morgan fingerprint density at radius 2 is 2.06 bits per heavy atom. The Kier molecular flexibility index (Phi) is 2.54. The molecule has 0 atom stereocenters. The highest BCUT2D eigenvalue weighted by atomic mass is 19.1. The Labute approximate surface area is 99.6 Å². The molecule has 0 aromatic heterocycles. The van der Waals surface area contributed by atoms with Gasteiger partial charge >= 0.3 is 0 Å². The summed E-state index contributed by atoms with van der Waals surface area (Å²) in [5.41, 5.74) is 0.858. The Morgan fingerprint density at radius 3 is 2.71 bits per heavy atom. The maximum Gasteiger partial charge on any atom is 0.149 e. The van der Waals surface area contributed by atoms with Crippen LogP contribution in [0.2, 0.25) is 0 Å². The zero-order valence-electron chi connectivity index (χ0n) is 9.68. The smallest absolute Gasteiger partial charge is 0.149 e. The Balaban J connectivity index is 1.83. The van der Waals surface area contributed by atoms with Crippen molar-refractivity contribution < 1.29 is 8.78 Å². The lowest BCUT2D eigenvalue weighted by Gasteiger charge is -2.50. The van der Waals surface area contributed by atoms with Crippen LogP contribution in [0.1, 0.15) is 12.8 Å². The SMILES string of the molecule is Fc1ccc(N2CCCC3(CNC3)C2)c(F)c1. The maximum atomic E-state index is 13.7. The summed E-state index contributed by atoms with van der Waals surface area (Å²) >= 11 is 0. The standard InChI is InChI=1S/C13H16F2N2/c14-10-2-3-12(11(15)6-10)17-5-1-4-13(9-17)7-16-8-13/h2-3,6,16H,1,4-5,7-9H2. The number of piperidine rings is 1. The average molecular weight is 238 g/mol. The predicted molar refractivity (Wildman–Crippen MR) is 63.1 cm³/mol. The molecule has 0 radical (unpaired) electrons. The van der Waals surface area contributed by atoms with Crippen molar-refractivity contribution in [3.63, 3.8) is 0 Å². The third-order valence-electron chi connectivity index (χ3n) is 3.91. The summed E-state index contributed by atoms with van der Waals surface area (Å²) in [6.07, 6.45) is 2.29. The molecule has 0 bridgehead atoms. The lowest BCUT2D eigenvalue weighted by molar-refractivity contribution is 0.138. The van der Waals surface area contributed by atoms with Crippen molar-refractivity contribution in [2.24, 2.45) is 5.41 Å². The van der Waals surface area contributed by atoms with Crippen LogP contribution in [0, 0.1) is 17.0 Å². The molecule has 1 aromatic rings. The third-order valence-corrected chi connectivity index (χ3v) is 3.91. The van der Waals surface area contributed by atoms with Crippen LogP contribution in [-0.2, 0) is 0 Å². The fraction of sp³-hybridized carbons (Fsp3) is 0.538. The van der Waals surface area contributed by atoms with E-state index in [1.54, 1.807) is 6.07 Å². The van der Waals surface area contributed by atoms with Crippen molar-refractivity contribution in [1.29, 1.82) is 0 Å². The first-order valence-electron chi connectivity index (χ1n) is 6.09. The summed E-state index contributed by atoms with van der Waals surface area (Å²) in [7, 11) is 0. The van der Waals surface area contributed by atoms with Crippen molar-refractivity contribution in [2.45, 2.75) is 12.8 Å². The molecule has 3 rings (SSSR count). The van der Waals surface area contributed by atoms with E-state index >= 15 is 0 Å². The zero-order valence-corrected chi connectivity index (χ0v) is 9.68. The monoisotopic (exact) mass is 238 g/mol. The Morgan fingerprint density at radius 1 is 1.24 bits per heavy atom. The van der Waals surface area contributed by atoms with Gasteiger partial charge < -0.3 is 10.2 Å². The van der Waals surface area contributed by atoms with E-state index in [4.69, 9.17) is 0 Å². The molecule has 92 valence electrons. The molecule has 1 N–H and O–H groups in total. The van der Waals surface area contributed by atoms with Gasteiger partial charge in [-0.15, -0.1) is 0 Å². The van der Waals surface area contributed by atoms with E-state index in [2.05, 4.69) is 10.2 Å². The van der Waals surface area contributed by atoms with Crippen LogP contribution in [0.25, 0.3) is 0 Å². The molecule has 2 aliphatic rings. The molecule has 1 spiro atoms. The van der Waals surface area contributed by atoms with Gasteiger partial charge in [0.2, 0.25) is 0 Å². The molecule has 2 aliphatic heterocycles. The number of nitrogens with one attached hydrogen (secondary N) is 1. The Bertz CT molecular complexity index is 429. The fourth-order valence-corrected chi connectivity index (χ4v) is 2.92. The lowest BCUT2D eigenvalue weighted by Crippen LogP contribution is -2.61. The summed E-state index contributed by atoms with van der Waals surface area (Å²) in [6.45, 7) is 3.78. The van der Waals surface area contributed by atoms with E-state index in [9.17, 15) is 8.78 Å². The quantitative estimate of drug-likeness (QED) is 0.806. The van der Waals surface area contributed by atoms with Gasteiger partial charge in [0.05, 0.1) is 5.69 Å². The van der Waals surface area contributed by atoms with Gasteiger partial charge in [0.1, 0.15) is 11.6 Å². The molecule has 2 heterocycles. The highest BCUT2D eigenvalue weighted by Crippen LogP contribution is 2.36. The maximum absolute atomic E-state index is 13.7. The van der Waals surface area contributed by atoms with Gasteiger partial charge in [0.25, 0.3) is 0 Å². The number of halogens is 2. The van der Waals surface area contributed by atoms with Crippen LogP contribution in [0.4, 0.5) is 14.5 Å². The van der Waals surface area contributed by atoms with Crippen LogP contribution in [0.5, 0.6) is 0 Å². The molecule has 0 unspecified atom stereocenters. The molecule has 2 fully saturated rings. The van der Waals surface area contributed by atoms with E-state index in [-0.39, 0.29) is 0 Å². The van der Waals surface area contributed by atoms with Crippen LogP contribution < -0.4 is 10.2 Å². The molecule has 0 aliphatic carbocycles. The predicted octanol–water partition coefficient (Wildman–Crippen LogP) is 2.15. The first-order valence-corrected chi connectivity index (χ1v) is 6.09. The summed E-state index contributed by atoms with van der Waals surface area (Å²) in [4.78, 5) is 2.05. The van der Waals surface area contributed by atoms with Gasteiger partial charge in [0, 0.05) is 37.7 Å². The number of anilines is 1. The number of nitrogens with zero attached hydrogens (tertiary/aromatic N) is 1. The highest BCUT2D eigenvalue weighted by Gasteiger charge is 2.40. The Hall–Kier alpha value is -1.16. The van der Waals surface area contributed by atoms with Gasteiger partial charge in [-0.1, -0.05) is 0 Å². The van der Waals surface area contributed by atoms with Crippen LogP contribution in [0.3, 0.4) is 0 Å². The van der Waals surface area contributed by atoms with E-state index in [1.165, 1.54) is 12.5 Å². The summed E-state index contributed by atoms with van der Waals surface area (Å²) < 4.78 is 26.6. The van der Waals surface area contributed by atoms with Gasteiger partial charge in [-0.05, 0) is 25.0 Å². The van der Waals surface area contributed by atoms with Crippen molar-refractivity contribution in [3.05, 3.63) is 29.8 Å². The summed E-state index contributed by atoms with van der Waals surface area (Å²) in [5, 5.41) is 3.29. The summed E-state index contributed by atoms with van der Waals surface area (Å²) in [5.74, 6) is -0.961. The minimum atomic E-state index is -0.511. The normalized spacial score (nSPS) is 22.6. The molecule has 0 saturated carbocycles. The van der Waals surface area contributed by atoms with Crippen molar-refractivity contribution in [3.8, 4) is 0 Å². The zero-order chi connectivity index (χ0) is 11.9. The molecule has 2 saturated heterocycles. The number of hydrogen-bond acceptors (Lipinski definition) is 2. The van der Waals surface area contributed by atoms with Gasteiger partial charge in [-0.25, -0.2) is 8.78 Å². The molecule has 4 heteroatoms. The number of rotatable bonds is 1. The van der Waals surface area contributed by atoms with E-state index in [0.29, 0.717) is 11.1 Å². The second-order valence-corrected chi connectivity index (χ2v) is 5.22. The molecule has 17 heavy (non-hydrogen) atoms. The molecule has 0 amide bonds. The average Bonchev–Trinajstić information content (AvgIpc) is 2.27. The first-order chi connectivity index (χ1) is 8.19. The highest BCUT2D eigenvalue weighted by molar-refractivity contribution is 5.48. The second-order valence-electron chi connectivity index (χ2n) is 5.22. The first kappa shape index (κ1) is 11.0. The minimum absolute atomic E-state index is 0.319. The van der Waals surface area contributed by atoms with Gasteiger partial charge in [-0.3, -0.25) is 0 Å². The minimum Gasteiger partial charge on any atom is -0.369 e. The van der Waals surface area contributed by atoms with Crippen LogP contribution >= 0.6 is 0 Å². The second kappa shape index (κ2) is 3.95. The van der Waals surface area contributed by atoms with E-state index in [1.807, 2.05) is 0 Å². The number of hydrogen-bond donors (Lipinski definition) is 1. The van der Waals surface area contributed by atoms with Crippen LogP contribution in [-0.4, -0.2) is 26.2 Å². The lowest BCUT2D eigenvalue weighted by atomic mass is 9.75. The molecule has 1 aromatic carbocycles. The molecule has 2 nitrogen and oxygen atoms in total. The molecular formula is C13H16F2N2. The summed E-state index contributed by atoms with van der Waals surface area (Å²) in [6, 6.07) is 3.85. The fourth-order valence-electron chi connectivity index (χ4n) is 2.92. The van der Waals surface area contributed by atoms with Crippen molar-refractivity contribution in [2.75, 3.05) is 31.1 Å². The van der Waals surface area contributed by atoms with Crippen LogP contribution in [0.15, 0.2) is 18.2 Å². The van der Waals surface area contributed by atoms with Gasteiger partial charge in [-0.2, -0.15) is 0 Å².